The van der Waals surface area contributed by atoms with Gasteiger partial charge in [-0.1, -0.05) is 121 Å². The minimum absolute atomic E-state index is 0.285. The molecular weight excluding hydrogens is 522 g/mol. The first-order valence-electron chi connectivity index (χ1n) is 15.1. The molecule has 206 valence electrons. The zero-order valence-corrected chi connectivity index (χ0v) is 23.8. The zero-order chi connectivity index (χ0) is 28.6. The summed E-state index contributed by atoms with van der Waals surface area (Å²) in [6, 6.07) is 39.2. The lowest BCUT2D eigenvalue weighted by Gasteiger charge is -2.28. The maximum Gasteiger partial charge on any atom is 0.160 e. The lowest BCUT2D eigenvalue weighted by molar-refractivity contribution is 0.745. The molecule has 0 bridgehead atoms. The highest BCUT2D eigenvalue weighted by molar-refractivity contribution is 5.80. The van der Waals surface area contributed by atoms with Crippen LogP contribution < -0.4 is 4.90 Å². The summed E-state index contributed by atoms with van der Waals surface area (Å²) in [6.45, 7) is 0. The van der Waals surface area contributed by atoms with E-state index in [0.29, 0.717) is 5.92 Å². The highest BCUT2D eigenvalue weighted by Gasteiger charge is 2.36. The summed E-state index contributed by atoms with van der Waals surface area (Å²) in [5, 5.41) is 0. The fraction of sp³-hybridized carbons (Fsp3) is 0.100. The third kappa shape index (κ3) is 4.73. The van der Waals surface area contributed by atoms with Crippen LogP contribution in [0.5, 0.6) is 0 Å². The molecule has 0 saturated carbocycles. The molecule has 0 amide bonds. The molecule has 2 aliphatic carbocycles. The van der Waals surface area contributed by atoms with E-state index in [4.69, 9.17) is 9.97 Å². The average Bonchev–Trinajstić information content (AvgIpc) is 3.43. The molecule has 2 unspecified atom stereocenters. The maximum absolute atomic E-state index is 5.10. The molecule has 2 heterocycles. The van der Waals surface area contributed by atoms with Gasteiger partial charge in [0, 0.05) is 34.0 Å². The predicted molar refractivity (Wildman–Crippen MR) is 178 cm³/mol. The fourth-order valence-corrected chi connectivity index (χ4v) is 6.52. The van der Waals surface area contributed by atoms with Crippen LogP contribution in [0, 0.1) is 0 Å². The van der Waals surface area contributed by atoms with E-state index in [1.54, 1.807) is 0 Å². The Morgan fingerprint density at radius 2 is 1.35 bits per heavy atom. The smallest absolute Gasteiger partial charge is 0.160 e. The van der Waals surface area contributed by atoms with Gasteiger partial charge in [0.1, 0.15) is 0 Å². The standard InChI is InChI=1S/C40H31N3/c1-3-12-28(13-4-1)31-16-11-17-32(26-31)37-27-36(41-40(42-37)30-14-5-2-6-15-30)29-22-24-33(25-23-29)43-38-20-9-7-18-34(38)35-19-8-10-21-39(35)43/h1,3-5,7-27,34,38H,2,6H2. The van der Waals surface area contributed by atoms with Gasteiger partial charge in [0.2, 0.25) is 0 Å². The molecule has 3 nitrogen and oxygen atoms in total. The summed E-state index contributed by atoms with van der Waals surface area (Å²) in [5.74, 6) is 1.14. The largest absolute Gasteiger partial charge is 0.333 e. The predicted octanol–water partition coefficient (Wildman–Crippen LogP) is 9.94. The molecule has 8 rings (SSSR count). The van der Waals surface area contributed by atoms with Crippen LogP contribution in [0.15, 0.2) is 152 Å². The van der Waals surface area contributed by atoms with Crippen molar-refractivity contribution >= 4 is 16.9 Å². The summed E-state index contributed by atoms with van der Waals surface area (Å²) in [6.07, 6.45) is 17.7. The average molecular weight is 554 g/mol. The van der Waals surface area contributed by atoms with E-state index in [9.17, 15) is 0 Å². The Balaban J connectivity index is 1.19. The molecular formula is C40H31N3. The monoisotopic (exact) mass is 553 g/mol. The first kappa shape index (κ1) is 25.4. The molecule has 43 heavy (non-hydrogen) atoms. The van der Waals surface area contributed by atoms with E-state index in [2.05, 4.69) is 157 Å². The van der Waals surface area contributed by atoms with Crippen molar-refractivity contribution in [2.24, 2.45) is 0 Å². The number of anilines is 2. The van der Waals surface area contributed by atoms with Crippen molar-refractivity contribution in [3.05, 3.63) is 163 Å². The molecule has 3 heteroatoms. The van der Waals surface area contributed by atoms with E-state index >= 15 is 0 Å². The van der Waals surface area contributed by atoms with Crippen molar-refractivity contribution in [2.45, 2.75) is 24.8 Å². The molecule has 2 atom stereocenters. The van der Waals surface area contributed by atoms with E-state index in [-0.39, 0.29) is 6.04 Å². The van der Waals surface area contributed by atoms with Gasteiger partial charge in [-0.2, -0.15) is 0 Å². The molecule has 1 aromatic heterocycles. The van der Waals surface area contributed by atoms with Crippen LogP contribution in [0.2, 0.25) is 0 Å². The number of benzene rings is 4. The Hall–Kier alpha value is -5.28. The quantitative estimate of drug-likeness (QED) is 0.217. The molecule has 0 fully saturated rings. The number of aromatic nitrogens is 2. The summed E-state index contributed by atoms with van der Waals surface area (Å²) in [4.78, 5) is 12.6. The van der Waals surface area contributed by atoms with E-state index < -0.39 is 0 Å². The highest BCUT2D eigenvalue weighted by Crippen LogP contribution is 2.47. The van der Waals surface area contributed by atoms with Crippen molar-refractivity contribution in [1.29, 1.82) is 0 Å². The number of allylic oxidation sites excluding steroid dienone is 6. The second-order valence-electron chi connectivity index (χ2n) is 11.3. The molecule has 3 aliphatic rings. The van der Waals surface area contributed by atoms with Gasteiger partial charge in [-0.3, -0.25) is 0 Å². The van der Waals surface area contributed by atoms with Crippen LogP contribution in [0.4, 0.5) is 11.4 Å². The zero-order valence-electron chi connectivity index (χ0n) is 23.8. The lowest BCUT2D eigenvalue weighted by atomic mass is 9.91. The highest BCUT2D eigenvalue weighted by atomic mass is 15.2. The Labute approximate surface area is 252 Å². The second kappa shape index (κ2) is 10.8. The van der Waals surface area contributed by atoms with Gasteiger partial charge in [-0.05, 0) is 59.9 Å². The molecule has 4 aromatic carbocycles. The lowest BCUT2D eigenvalue weighted by Crippen LogP contribution is -2.28. The molecule has 0 N–H and O–H groups in total. The minimum Gasteiger partial charge on any atom is -0.333 e. The Kier molecular flexibility index (Phi) is 6.42. The number of hydrogen-bond acceptors (Lipinski definition) is 3. The Morgan fingerprint density at radius 3 is 2.19 bits per heavy atom. The van der Waals surface area contributed by atoms with Crippen LogP contribution in [0.25, 0.3) is 39.2 Å². The number of rotatable bonds is 5. The normalized spacial score (nSPS) is 18.3. The number of para-hydroxylation sites is 1. The van der Waals surface area contributed by atoms with Crippen molar-refractivity contribution in [3.8, 4) is 33.6 Å². The van der Waals surface area contributed by atoms with Crippen LogP contribution >= 0.6 is 0 Å². The third-order valence-corrected chi connectivity index (χ3v) is 8.65. The molecule has 0 spiro atoms. The third-order valence-electron chi connectivity index (χ3n) is 8.65. The van der Waals surface area contributed by atoms with Crippen LogP contribution in [0.3, 0.4) is 0 Å². The summed E-state index contributed by atoms with van der Waals surface area (Å²) in [5.41, 5.74) is 11.3. The van der Waals surface area contributed by atoms with Gasteiger partial charge >= 0.3 is 0 Å². The molecule has 0 saturated heterocycles. The molecule has 0 radical (unpaired) electrons. The van der Waals surface area contributed by atoms with Gasteiger partial charge < -0.3 is 4.90 Å². The first-order valence-corrected chi connectivity index (χ1v) is 15.1. The molecule has 5 aromatic rings. The Morgan fingerprint density at radius 1 is 0.605 bits per heavy atom. The minimum atomic E-state index is 0.285. The summed E-state index contributed by atoms with van der Waals surface area (Å²) < 4.78 is 0. The maximum atomic E-state index is 5.10. The Bertz CT molecular complexity index is 1930. The topological polar surface area (TPSA) is 29.0 Å². The van der Waals surface area contributed by atoms with Gasteiger partial charge in [0.25, 0.3) is 0 Å². The van der Waals surface area contributed by atoms with Crippen molar-refractivity contribution < 1.29 is 0 Å². The van der Waals surface area contributed by atoms with E-state index in [1.807, 2.05) is 0 Å². The summed E-state index contributed by atoms with van der Waals surface area (Å²) in [7, 11) is 0. The van der Waals surface area contributed by atoms with Crippen molar-refractivity contribution in [3.63, 3.8) is 0 Å². The number of fused-ring (bicyclic) bond motifs is 3. The van der Waals surface area contributed by atoms with Crippen molar-refractivity contribution in [2.75, 3.05) is 4.90 Å². The van der Waals surface area contributed by atoms with Crippen molar-refractivity contribution in [1.82, 2.24) is 9.97 Å². The van der Waals surface area contributed by atoms with E-state index in [1.165, 1.54) is 28.1 Å². The first-order chi connectivity index (χ1) is 21.3. The number of hydrogen-bond donors (Lipinski definition) is 0. The van der Waals surface area contributed by atoms with Gasteiger partial charge in [-0.25, -0.2) is 9.97 Å². The van der Waals surface area contributed by atoms with Crippen LogP contribution in [-0.2, 0) is 0 Å². The SMILES string of the molecule is C1=CC2c3ccccc3N(c3ccc(-c4cc(-c5cccc(-c6ccccc6)c5)nc(C5=CCCC=C5)n4)cc3)C2C=C1. The fourth-order valence-electron chi connectivity index (χ4n) is 6.52. The summed E-state index contributed by atoms with van der Waals surface area (Å²) >= 11 is 0. The van der Waals surface area contributed by atoms with Gasteiger partial charge in [0.15, 0.2) is 5.82 Å². The second-order valence-corrected chi connectivity index (χ2v) is 11.3. The molecule has 1 aliphatic heterocycles. The number of nitrogens with zero attached hydrogens (tertiary/aromatic N) is 3. The van der Waals surface area contributed by atoms with Crippen LogP contribution in [0.1, 0.15) is 30.1 Å². The van der Waals surface area contributed by atoms with Gasteiger partial charge in [-0.15, -0.1) is 0 Å². The van der Waals surface area contributed by atoms with E-state index in [0.717, 1.165) is 46.8 Å². The van der Waals surface area contributed by atoms with Gasteiger partial charge in [0.05, 0.1) is 17.4 Å². The van der Waals surface area contributed by atoms with Crippen LogP contribution in [-0.4, -0.2) is 16.0 Å².